The van der Waals surface area contributed by atoms with Crippen LogP contribution in [0.5, 0.6) is 0 Å². The van der Waals surface area contributed by atoms with E-state index in [-0.39, 0.29) is 6.04 Å². The molecule has 0 bridgehead atoms. The molecule has 24 heavy (non-hydrogen) atoms. The zero-order chi connectivity index (χ0) is 17.5. The minimum absolute atomic E-state index is 0.0813. The molecule has 1 aliphatic heterocycles. The Hall–Kier alpha value is -1.71. The summed E-state index contributed by atoms with van der Waals surface area (Å²) in [5, 5.41) is 4.39. The van der Waals surface area contributed by atoms with Gasteiger partial charge in [0.2, 0.25) is 10.0 Å². The third-order valence-electron chi connectivity index (χ3n) is 4.49. The van der Waals surface area contributed by atoms with E-state index >= 15 is 0 Å². The number of nitrogens with zero attached hydrogens (tertiary/aromatic N) is 5. The summed E-state index contributed by atoms with van der Waals surface area (Å²) in [6, 6.07) is 2.15. The fourth-order valence-electron chi connectivity index (χ4n) is 3.23. The lowest BCUT2D eigenvalue weighted by Gasteiger charge is -2.35. The number of rotatable bonds is 5. The molecule has 0 saturated heterocycles. The minimum atomic E-state index is -3.21. The molecule has 0 aliphatic carbocycles. The second kappa shape index (κ2) is 6.30. The summed E-state index contributed by atoms with van der Waals surface area (Å²) in [6.45, 7) is 3.78. The zero-order valence-electron chi connectivity index (χ0n) is 14.5. The number of imidazole rings is 1. The molecule has 9 heteroatoms. The van der Waals surface area contributed by atoms with Gasteiger partial charge in [-0.1, -0.05) is 0 Å². The molecule has 0 radical (unpaired) electrons. The lowest BCUT2D eigenvalue weighted by atomic mass is 10.0. The summed E-state index contributed by atoms with van der Waals surface area (Å²) in [7, 11) is 0.697. The Kier molecular flexibility index (Phi) is 4.50. The Balaban J connectivity index is 1.84. The minimum Gasteiger partial charge on any atom is -0.337 e. The molecule has 0 unspecified atom stereocenters. The van der Waals surface area contributed by atoms with Crippen molar-refractivity contribution in [3.05, 3.63) is 35.2 Å². The van der Waals surface area contributed by atoms with Crippen molar-refractivity contribution in [2.45, 2.75) is 32.5 Å². The molecule has 3 rings (SSSR count). The highest BCUT2D eigenvalue weighted by molar-refractivity contribution is 7.88. The lowest BCUT2D eigenvalue weighted by Crippen LogP contribution is -2.47. The second-order valence-electron chi connectivity index (χ2n) is 6.53. The SMILES string of the molecule is Cc1cc(CN2Cc3ncn(C)c3C[C@@H]2CNS(C)(=O)=O)n(C)n1. The Labute approximate surface area is 142 Å². The number of hydrogen-bond donors (Lipinski definition) is 1. The maximum absolute atomic E-state index is 11.5. The Morgan fingerprint density at radius 2 is 2.12 bits per heavy atom. The summed E-state index contributed by atoms with van der Waals surface area (Å²) in [4.78, 5) is 6.75. The van der Waals surface area contributed by atoms with E-state index < -0.39 is 10.0 Å². The van der Waals surface area contributed by atoms with Crippen LogP contribution in [0.4, 0.5) is 0 Å². The maximum Gasteiger partial charge on any atom is 0.208 e. The van der Waals surface area contributed by atoms with Gasteiger partial charge in [0.15, 0.2) is 0 Å². The number of nitrogens with one attached hydrogen (secondary N) is 1. The van der Waals surface area contributed by atoms with Gasteiger partial charge in [0.1, 0.15) is 0 Å². The normalized spacial score (nSPS) is 18.8. The maximum atomic E-state index is 11.5. The van der Waals surface area contributed by atoms with Crippen molar-refractivity contribution in [3.8, 4) is 0 Å². The highest BCUT2D eigenvalue weighted by Crippen LogP contribution is 2.24. The van der Waals surface area contributed by atoms with E-state index in [2.05, 4.69) is 25.8 Å². The van der Waals surface area contributed by atoms with Gasteiger partial charge >= 0.3 is 0 Å². The molecule has 1 atom stereocenters. The highest BCUT2D eigenvalue weighted by atomic mass is 32.2. The highest BCUT2D eigenvalue weighted by Gasteiger charge is 2.30. The first-order chi connectivity index (χ1) is 11.2. The van der Waals surface area contributed by atoms with Gasteiger partial charge in [0, 0.05) is 51.9 Å². The Morgan fingerprint density at radius 1 is 1.38 bits per heavy atom. The third kappa shape index (κ3) is 3.68. The molecule has 0 fully saturated rings. The lowest BCUT2D eigenvalue weighted by molar-refractivity contribution is 0.155. The van der Waals surface area contributed by atoms with Crippen LogP contribution >= 0.6 is 0 Å². The molecule has 8 nitrogen and oxygen atoms in total. The second-order valence-corrected chi connectivity index (χ2v) is 8.37. The number of aryl methyl sites for hydroxylation is 3. The van der Waals surface area contributed by atoms with Crippen LogP contribution in [-0.4, -0.2) is 51.5 Å². The van der Waals surface area contributed by atoms with Gasteiger partial charge in [-0.2, -0.15) is 5.10 Å². The van der Waals surface area contributed by atoms with Crippen LogP contribution in [-0.2, 0) is 43.6 Å². The van der Waals surface area contributed by atoms with Crippen LogP contribution < -0.4 is 4.72 Å². The molecule has 3 heterocycles. The van der Waals surface area contributed by atoms with Crippen molar-refractivity contribution >= 4 is 10.0 Å². The largest absolute Gasteiger partial charge is 0.337 e. The average Bonchev–Trinajstić information content (AvgIpc) is 2.99. The summed E-state index contributed by atoms with van der Waals surface area (Å²) < 4.78 is 29.5. The summed E-state index contributed by atoms with van der Waals surface area (Å²) in [5.74, 6) is 0. The zero-order valence-corrected chi connectivity index (χ0v) is 15.3. The van der Waals surface area contributed by atoms with Crippen LogP contribution in [0.1, 0.15) is 22.8 Å². The van der Waals surface area contributed by atoms with Crippen molar-refractivity contribution in [2.75, 3.05) is 12.8 Å². The van der Waals surface area contributed by atoms with Crippen LogP contribution in [0.25, 0.3) is 0 Å². The fraction of sp³-hybridized carbons (Fsp3) is 0.600. The summed E-state index contributed by atoms with van der Waals surface area (Å²) in [5.41, 5.74) is 4.32. The van der Waals surface area contributed by atoms with E-state index in [1.807, 2.05) is 36.6 Å². The Bertz CT molecular complexity index is 838. The third-order valence-corrected chi connectivity index (χ3v) is 5.18. The van der Waals surface area contributed by atoms with Crippen LogP contribution in [0.3, 0.4) is 0 Å². The van der Waals surface area contributed by atoms with E-state index in [0.717, 1.165) is 23.5 Å². The summed E-state index contributed by atoms with van der Waals surface area (Å²) in [6.07, 6.45) is 3.79. The predicted molar refractivity (Wildman–Crippen MR) is 90.7 cm³/mol. The van der Waals surface area contributed by atoms with E-state index in [9.17, 15) is 8.42 Å². The molecule has 0 amide bonds. The van der Waals surface area contributed by atoms with Crippen molar-refractivity contribution in [2.24, 2.45) is 14.1 Å². The van der Waals surface area contributed by atoms with Crippen molar-refractivity contribution in [1.29, 1.82) is 0 Å². The van der Waals surface area contributed by atoms with Gasteiger partial charge in [-0.3, -0.25) is 9.58 Å². The van der Waals surface area contributed by atoms with Crippen LogP contribution in [0, 0.1) is 6.92 Å². The topological polar surface area (TPSA) is 85.0 Å². The van der Waals surface area contributed by atoms with E-state index in [4.69, 9.17) is 0 Å². The Morgan fingerprint density at radius 3 is 2.75 bits per heavy atom. The predicted octanol–water partition coefficient (Wildman–Crippen LogP) is -0.0619. The van der Waals surface area contributed by atoms with Gasteiger partial charge in [-0.05, 0) is 13.0 Å². The first-order valence-electron chi connectivity index (χ1n) is 7.90. The quantitative estimate of drug-likeness (QED) is 0.815. The van der Waals surface area contributed by atoms with Gasteiger partial charge in [-0.15, -0.1) is 0 Å². The molecule has 1 N–H and O–H groups in total. The first-order valence-corrected chi connectivity index (χ1v) is 9.79. The van der Waals surface area contributed by atoms with Crippen molar-refractivity contribution < 1.29 is 8.42 Å². The smallest absolute Gasteiger partial charge is 0.208 e. The summed E-state index contributed by atoms with van der Waals surface area (Å²) >= 11 is 0. The number of aromatic nitrogens is 4. The van der Waals surface area contributed by atoms with Crippen molar-refractivity contribution in [1.82, 2.24) is 29.0 Å². The fourth-order valence-corrected chi connectivity index (χ4v) is 3.72. The van der Waals surface area contributed by atoms with E-state index in [0.29, 0.717) is 19.6 Å². The molecule has 2 aromatic rings. The van der Waals surface area contributed by atoms with Crippen molar-refractivity contribution in [3.63, 3.8) is 0 Å². The van der Waals surface area contributed by atoms with Gasteiger partial charge in [0.25, 0.3) is 0 Å². The average molecular weight is 352 g/mol. The number of sulfonamides is 1. The standard InChI is InChI=1S/C15H24N6O2S/c1-11-5-13(20(3)18-11)8-21-9-14-15(19(2)10-16-14)6-12(21)7-17-24(4,22)23/h5,10,12,17H,6-9H2,1-4H3/t12-/m1/s1. The number of hydrogen-bond acceptors (Lipinski definition) is 5. The molecular formula is C15H24N6O2S. The van der Waals surface area contributed by atoms with E-state index in [1.54, 1.807) is 0 Å². The molecular weight excluding hydrogens is 328 g/mol. The molecule has 1 aliphatic rings. The monoisotopic (exact) mass is 352 g/mol. The molecule has 0 saturated carbocycles. The van der Waals surface area contributed by atoms with E-state index in [1.165, 1.54) is 11.9 Å². The molecule has 0 aromatic carbocycles. The molecule has 0 spiro atoms. The molecule has 2 aromatic heterocycles. The first kappa shape index (κ1) is 17.1. The van der Waals surface area contributed by atoms with Gasteiger partial charge < -0.3 is 4.57 Å². The van der Waals surface area contributed by atoms with Gasteiger partial charge in [-0.25, -0.2) is 18.1 Å². The molecule has 132 valence electrons. The van der Waals surface area contributed by atoms with Crippen LogP contribution in [0.15, 0.2) is 12.4 Å². The number of fused-ring (bicyclic) bond motifs is 1. The van der Waals surface area contributed by atoms with Crippen LogP contribution in [0.2, 0.25) is 0 Å². The van der Waals surface area contributed by atoms with Gasteiger partial charge in [0.05, 0.1) is 29.7 Å².